The molecule has 1 N–H and O–H groups in total. The number of carbonyl (C=O) groups is 1. The van der Waals surface area contributed by atoms with Gasteiger partial charge in [0, 0.05) is 13.0 Å². The highest BCUT2D eigenvalue weighted by atomic mass is 35.5. The maximum absolute atomic E-state index is 12.2. The predicted octanol–water partition coefficient (Wildman–Crippen LogP) is 2.45. The second-order valence-corrected chi connectivity index (χ2v) is 5.65. The molecule has 1 unspecified atom stereocenters. The molecular formula is C15H22Cl2N2O2. The average Bonchev–Trinajstić information content (AvgIpc) is 2.38. The zero-order chi connectivity index (χ0) is 14.5. The van der Waals surface area contributed by atoms with Gasteiger partial charge in [0.25, 0.3) is 0 Å². The Morgan fingerprint density at radius 2 is 2.14 bits per heavy atom. The van der Waals surface area contributed by atoms with Gasteiger partial charge >= 0.3 is 0 Å². The number of ether oxygens (including phenoxy) is 1. The van der Waals surface area contributed by atoms with Crippen molar-refractivity contribution >= 4 is 29.9 Å². The molecule has 1 aliphatic rings. The van der Waals surface area contributed by atoms with E-state index in [-0.39, 0.29) is 24.2 Å². The SMILES string of the molecule is CC(C(=O)N(C)CCOc1ccccc1Cl)C1CNC1.Cl. The maximum atomic E-state index is 12.2. The minimum Gasteiger partial charge on any atom is -0.490 e. The Morgan fingerprint density at radius 1 is 1.48 bits per heavy atom. The van der Waals surface area contributed by atoms with Crippen LogP contribution in [0.2, 0.25) is 5.02 Å². The Bertz CT molecular complexity index is 467. The molecule has 1 aliphatic heterocycles. The van der Waals surface area contributed by atoms with Crippen LogP contribution in [0.5, 0.6) is 5.75 Å². The highest BCUT2D eigenvalue weighted by Crippen LogP contribution is 2.23. The molecule has 21 heavy (non-hydrogen) atoms. The van der Waals surface area contributed by atoms with E-state index in [0.717, 1.165) is 13.1 Å². The molecule has 1 saturated heterocycles. The number of amides is 1. The fourth-order valence-corrected chi connectivity index (χ4v) is 2.37. The van der Waals surface area contributed by atoms with Crippen molar-refractivity contribution in [3.63, 3.8) is 0 Å². The van der Waals surface area contributed by atoms with E-state index in [0.29, 0.717) is 29.8 Å². The van der Waals surface area contributed by atoms with Crippen molar-refractivity contribution in [2.75, 3.05) is 33.3 Å². The third-order valence-electron chi connectivity index (χ3n) is 3.81. The second kappa shape index (κ2) is 8.47. The lowest BCUT2D eigenvalue weighted by molar-refractivity contribution is -0.136. The quantitative estimate of drug-likeness (QED) is 0.870. The lowest BCUT2D eigenvalue weighted by atomic mass is 9.88. The fourth-order valence-electron chi connectivity index (χ4n) is 2.18. The largest absolute Gasteiger partial charge is 0.490 e. The monoisotopic (exact) mass is 332 g/mol. The van der Waals surface area contributed by atoms with E-state index in [4.69, 9.17) is 16.3 Å². The summed E-state index contributed by atoms with van der Waals surface area (Å²) in [6, 6.07) is 7.35. The first-order valence-electron chi connectivity index (χ1n) is 6.92. The number of rotatable bonds is 6. The Labute approximate surface area is 137 Å². The summed E-state index contributed by atoms with van der Waals surface area (Å²) in [5.74, 6) is 1.38. The Morgan fingerprint density at radius 3 is 2.71 bits per heavy atom. The molecule has 0 radical (unpaired) electrons. The minimum absolute atomic E-state index is 0. The molecule has 0 spiro atoms. The fraction of sp³-hybridized carbons (Fsp3) is 0.533. The summed E-state index contributed by atoms with van der Waals surface area (Å²) in [5, 5.41) is 3.79. The Balaban J connectivity index is 0.00000220. The van der Waals surface area contributed by atoms with Crippen molar-refractivity contribution in [1.29, 1.82) is 0 Å². The van der Waals surface area contributed by atoms with Gasteiger partial charge in [-0.15, -0.1) is 12.4 Å². The van der Waals surface area contributed by atoms with Crippen LogP contribution in [-0.4, -0.2) is 44.1 Å². The predicted molar refractivity (Wildman–Crippen MR) is 87.4 cm³/mol. The molecule has 1 aromatic carbocycles. The average molecular weight is 333 g/mol. The second-order valence-electron chi connectivity index (χ2n) is 5.25. The number of para-hydroxylation sites is 1. The van der Waals surface area contributed by atoms with Gasteiger partial charge < -0.3 is 15.0 Å². The van der Waals surface area contributed by atoms with Crippen molar-refractivity contribution in [3.8, 4) is 5.75 Å². The number of hydrogen-bond acceptors (Lipinski definition) is 3. The van der Waals surface area contributed by atoms with Crippen LogP contribution in [0.25, 0.3) is 0 Å². The van der Waals surface area contributed by atoms with Crippen LogP contribution in [-0.2, 0) is 4.79 Å². The molecule has 1 aromatic rings. The molecule has 1 atom stereocenters. The van der Waals surface area contributed by atoms with Crippen LogP contribution in [0.3, 0.4) is 0 Å². The molecule has 0 aromatic heterocycles. The molecule has 0 saturated carbocycles. The molecule has 1 fully saturated rings. The van der Waals surface area contributed by atoms with Crippen LogP contribution in [0.15, 0.2) is 24.3 Å². The van der Waals surface area contributed by atoms with Gasteiger partial charge in [0.15, 0.2) is 0 Å². The lowest BCUT2D eigenvalue weighted by Gasteiger charge is -2.33. The van der Waals surface area contributed by atoms with Gasteiger partial charge in [0.1, 0.15) is 12.4 Å². The van der Waals surface area contributed by atoms with Crippen molar-refractivity contribution in [3.05, 3.63) is 29.3 Å². The topological polar surface area (TPSA) is 41.6 Å². The lowest BCUT2D eigenvalue weighted by Crippen LogP contribution is -2.50. The molecule has 118 valence electrons. The number of benzene rings is 1. The van der Waals surface area contributed by atoms with E-state index < -0.39 is 0 Å². The van der Waals surface area contributed by atoms with Gasteiger partial charge in [-0.25, -0.2) is 0 Å². The van der Waals surface area contributed by atoms with Crippen LogP contribution in [0, 0.1) is 11.8 Å². The van der Waals surface area contributed by atoms with E-state index in [9.17, 15) is 4.79 Å². The summed E-state index contributed by atoms with van der Waals surface area (Å²) in [4.78, 5) is 13.9. The van der Waals surface area contributed by atoms with E-state index in [2.05, 4.69) is 5.32 Å². The van der Waals surface area contributed by atoms with Gasteiger partial charge in [-0.05, 0) is 31.1 Å². The Kier molecular flexibility index (Phi) is 7.29. The van der Waals surface area contributed by atoms with Gasteiger partial charge in [-0.3, -0.25) is 4.79 Å². The number of carbonyl (C=O) groups excluding carboxylic acids is 1. The van der Waals surface area contributed by atoms with Crippen molar-refractivity contribution < 1.29 is 9.53 Å². The molecule has 2 rings (SSSR count). The highest BCUT2D eigenvalue weighted by molar-refractivity contribution is 6.32. The van der Waals surface area contributed by atoms with Crippen LogP contribution in [0.4, 0.5) is 0 Å². The van der Waals surface area contributed by atoms with Gasteiger partial charge in [0.05, 0.1) is 11.6 Å². The zero-order valence-electron chi connectivity index (χ0n) is 12.3. The number of nitrogens with one attached hydrogen (secondary N) is 1. The van der Waals surface area contributed by atoms with Gasteiger partial charge in [0.2, 0.25) is 5.91 Å². The normalized spacial score (nSPS) is 15.6. The summed E-state index contributed by atoms with van der Waals surface area (Å²) in [6.07, 6.45) is 0. The Hall–Kier alpha value is -0.970. The van der Waals surface area contributed by atoms with E-state index in [1.54, 1.807) is 11.0 Å². The first kappa shape index (κ1) is 18.1. The summed E-state index contributed by atoms with van der Waals surface area (Å²) in [5.41, 5.74) is 0. The van der Waals surface area contributed by atoms with E-state index in [1.807, 2.05) is 32.2 Å². The number of halogens is 2. The van der Waals surface area contributed by atoms with Gasteiger partial charge in [-0.2, -0.15) is 0 Å². The minimum atomic E-state index is 0. The number of likely N-dealkylation sites (N-methyl/N-ethyl adjacent to an activating group) is 1. The third kappa shape index (κ3) is 4.77. The molecule has 4 nitrogen and oxygen atoms in total. The van der Waals surface area contributed by atoms with Gasteiger partial charge in [-0.1, -0.05) is 30.7 Å². The van der Waals surface area contributed by atoms with E-state index >= 15 is 0 Å². The molecular weight excluding hydrogens is 311 g/mol. The van der Waals surface area contributed by atoms with Crippen molar-refractivity contribution in [1.82, 2.24) is 10.2 Å². The maximum Gasteiger partial charge on any atom is 0.225 e. The smallest absolute Gasteiger partial charge is 0.225 e. The number of hydrogen-bond donors (Lipinski definition) is 1. The first-order chi connectivity index (χ1) is 9.59. The van der Waals surface area contributed by atoms with Crippen LogP contribution < -0.4 is 10.1 Å². The van der Waals surface area contributed by atoms with E-state index in [1.165, 1.54) is 0 Å². The molecule has 0 bridgehead atoms. The molecule has 0 aliphatic carbocycles. The summed E-state index contributed by atoms with van der Waals surface area (Å²) < 4.78 is 5.60. The summed E-state index contributed by atoms with van der Waals surface area (Å²) in [7, 11) is 1.82. The first-order valence-corrected chi connectivity index (χ1v) is 7.30. The van der Waals surface area contributed by atoms with Crippen LogP contribution >= 0.6 is 24.0 Å². The van der Waals surface area contributed by atoms with Crippen molar-refractivity contribution in [2.45, 2.75) is 6.92 Å². The highest BCUT2D eigenvalue weighted by Gasteiger charge is 2.30. The molecule has 1 amide bonds. The summed E-state index contributed by atoms with van der Waals surface area (Å²) >= 11 is 6.01. The third-order valence-corrected chi connectivity index (χ3v) is 4.12. The van der Waals surface area contributed by atoms with Crippen molar-refractivity contribution in [2.24, 2.45) is 11.8 Å². The van der Waals surface area contributed by atoms with Crippen LogP contribution in [0.1, 0.15) is 6.92 Å². The molecule has 6 heteroatoms. The molecule has 1 heterocycles. The number of nitrogens with zero attached hydrogens (tertiary/aromatic N) is 1. The standard InChI is InChI=1S/C15H21ClN2O2.ClH/c1-11(12-9-17-10-12)15(19)18(2)7-8-20-14-6-4-3-5-13(14)16;/h3-6,11-12,17H,7-10H2,1-2H3;1H. The zero-order valence-corrected chi connectivity index (χ0v) is 13.9. The summed E-state index contributed by atoms with van der Waals surface area (Å²) in [6.45, 7) is 4.89.